The van der Waals surface area contributed by atoms with Gasteiger partial charge in [0.2, 0.25) is 0 Å². The van der Waals surface area contributed by atoms with E-state index in [1.54, 1.807) is 24.3 Å². The van der Waals surface area contributed by atoms with Crippen LogP contribution in [0.1, 0.15) is 30.6 Å². The molecule has 1 unspecified atom stereocenters. The minimum absolute atomic E-state index is 0.257. The van der Waals surface area contributed by atoms with Gasteiger partial charge in [0, 0.05) is 10.6 Å². The van der Waals surface area contributed by atoms with Gasteiger partial charge in [0.1, 0.15) is 6.04 Å². The highest BCUT2D eigenvalue weighted by Crippen LogP contribution is 2.11. The molecule has 0 spiro atoms. The molecular formula is C13H18ClN3O2. The summed E-state index contributed by atoms with van der Waals surface area (Å²) >= 11 is 5.75. The summed E-state index contributed by atoms with van der Waals surface area (Å²) in [5.41, 5.74) is 2.51. The van der Waals surface area contributed by atoms with Gasteiger partial charge in [0.25, 0.3) is 11.8 Å². The van der Waals surface area contributed by atoms with E-state index >= 15 is 0 Å². The molecule has 0 aliphatic heterocycles. The standard InChI is InChI=1S/C13H18ClN3O2/c1-8(2)7-11(13(19)17-15)16-12(18)9-3-5-10(14)6-4-9/h3-6,8,11H,7,15H2,1-2H3,(H,16,18)(H,17,19). The Morgan fingerprint density at radius 1 is 1.26 bits per heavy atom. The minimum atomic E-state index is -0.645. The molecule has 0 aromatic heterocycles. The topological polar surface area (TPSA) is 84.2 Å². The van der Waals surface area contributed by atoms with Crippen LogP contribution in [0.25, 0.3) is 0 Å². The van der Waals surface area contributed by atoms with Gasteiger partial charge in [0.05, 0.1) is 0 Å². The maximum Gasteiger partial charge on any atom is 0.256 e. The Balaban J connectivity index is 2.75. The molecule has 0 heterocycles. The summed E-state index contributed by atoms with van der Waals surface area (Å²) in [4.78, 5) is 23.6. The minimum Gasteiger partial charge on any atom is -0.340 e. The normalized spacial score (nSPS) is 12.1. The van der Waals surface area contributed by atoms with Crippen molar-refractivity contribution in [3.63, 3.8) is 0 Å². The second-order valence-corrected chi connectivity index (χ2v) is 5.11. The van der Waals surface area contributed by atoms with Crippen LogP contribution in [0.4, 0.5) is 0 Å². The average molecular weight is 284 g/mol. The number of rotatable bonds is 5. The van der Waals surface area contributed by atoms with Crippen LogP contribution in [0.5, 0.6) is 0 Å². The second kappa shape index (κ2) is 7.11. The molecular weight excluding hydrogens is 266 g/mol. The third kappa shape index (κ3) is 4.89. The van der Waals surface area contributed by atoms with E-state index in [0.717, 1.165) is 0 Å². The van der Waals surface area contributed by atoms with Crippen molar-refractivity contribution < 1.29 is 9.59 Å². The number of carbonyl (C=O) groups is 2. The number of hydrazine groups is 1. The molecule has 1 rings (SSSR count). The fourth-order valence-corrected chi connectivity index (χ4v) is 1.77. The van der Waals surface area contributed by atoms with E-state index in [9.17, 15) is 9.59 Å². The van der Waals surface area contributed by atoms with Crippen molar-refractivity contribution in [2.75, 3.05) is 0 Å². The molecule has 6 heteroatoms. The first-order valence-corrected chi connectivity index (χ1v) is 6.38. The molecule has 0 bridgehead atoms. The number of hydrogen-bond donors (Lipinski definition) is 3. The van der Waals surface area contributed by atoms with E-state index in [1.165, 1.54) is 0 Å². The summed E-state index contributed by atoms with van der Waals surface area (Å²) in [6.45, 7) is 3.93. The molecule has 1 atom stereocenters. The lowest BCUT2D eigenvalue weighted by Crippen LogP contribution is -2.49. The van der Waals surface area contributed by atoms with Crippen LogP contribution in [-0.2, 0) is 4.79 Å². The van der Waals surface area contributed by atoms with Gasteiger partial charge in [-0.2, -0.15) is 0 Å². The second-order valence-electron chi connectivity index (χ2n) is 4.67. The molecule has 2 amide bonds. The molecule has 0 aliphatic carbocycles. The van der Waals surface area contributed by atoms with Crippen molar-refractivity contribution in [2.24, 2.45) is 11.8 Å². The summed E-state index contributed by atoms with van der Waals surface area (Å²) in [5.74, 6) is 4.64. The summed E-state index contributed by atoms with van der Waals surface area (Å²) in [6.07, 6.45) is 0.516. The number of nitrogens with two attached hydrogens (primary N) is 1. The van der Waals surface area contributed by atoms with Crippen molar-refractivity contribution in [3.05, 3.63) is 34.9 Å². The summed E-state index contributed by atoms with van der Waals surface area (Å²) in [6, 6.07) is 5.80. The fourth-order valence-electron chi connectivity index (χ4n) is 1.65. The highest BCUT2D eigenvalue weighted by atomic mass is 35.5. The molecule has 0 saturated carbocycles. The summed E-state index contributed by atoms with van der Waals surface area (Å²) in [7, 11) is 0. The Bertz CT molecular complexity index is 446. The van der Waals surface area contributed by atoms with Crippen LogP contribution in [-0.4, -0.2) is 17.9 Å². The fraction of sp³-hybridized carbons (Fsp3) is 0.385. The Morgan fingerprint density at radius 3 is 2.32 bits per heavy atom. The van der Waals surface area contributed by atoms with Gasteiger partial charge < -0.3 is 5.32 Å². The molecule has 19 heavy (non-hydrogen) atoms. The van der Waals surface area contributed by atoms with Gasteiger partial charge in [-0.25, -0.2) is 5.84 Å². The Labute approximate surface area is 117 Å². The molecule has 0 fully saturated rings. The van der Waals surface area contributed by atoms with Crippen LogP contribution in [0, 0.1) is 5.92 Å². The van der Waals surface area contributed by atoms with E-state index in [1.807, 2.05) is 13.8 Å². The molecule has 1 aromatic rings. The Morgan fingerprint density at radius 2 is 1.84 bits per heavy atom. The summed E-state index contributed by atoms with van der Waals surface area (Å²) < 4.78 is 0. The maximum absolute atomic E-state index is 12.0. The quantitative estimate of drug-likeness (QED) is 0.435. The van der Waals surface area contributed by atoms with Gasteiger partial charge >= 0.3 is 0 Å². The predicted octanol–water partition coefficient (Wildman–Crippen LogP) is 1.47. The molecule has 0 aliphatic rings. The molecule has 0 radical (unpaired) electrons. The van der Waals surface area contributed by atoms with Crippen molar-refractivity contribution in [2.45, 2.75) is 26.3 Å². The number of amides is 2. The number of nitrogens with one attached hydrogen (secondary N) is 2. The van der Waals surface area contributed by atoms with Gasteiger partial charge in [-0.05, 0) is 36.6 Å². The number of halogens is 1. The SMILES string of the molecule is CC(C)CC(NC(=O)c1ccc(Cl)cc1)C(=O)NN. The van der Waals surface area contributed by atoms with Crippen LogP contribution in [0.2, 0.25) is 5.02 Å². The monoisotopic (exact) mass is 283 g/mol. The van der Waals surface area contributed by atoms with Crippen LogP contribution in [0.3, 0.4) is 0 Å². The zero-order chi connectivity index (χ0) is 14.4. The molecule has 1 aromatic carbocycles. The van der Waals surface area contributed by atoms with Gasteiger partial charge in [-0.15, -0.1) is 0 Å². The lowest BCUT2D eigenvalue weighted by atomic mass is 10.0. The average Bonchev–Trinajstić information content (AvgIpc) is 2.37. The number of carbonyl (C=O) groups excluding carboxylic acids is 2. The van der Waals surface area contributed by atoms with Gasteiger partial charge in [0.15, 0.2) is 0 Å². The molecule has 4 N–H and O–H groups in total. The van der Waals surface area contributed by atoms with E-state index in [2.05, 4.69) is 10.7 Å². The van der Waals surface area contributed by atoms with Crippen LogP contribution in [0.15, 0.2) is 24.3 Å². The van der Waals surface area contributed by atoms with Crippen molar-refractivity contribution in [1.82, 2.24) is 10.7 Å². The van der Waals surface area contributed by atoms with E-state index in [0.29, 0.717) is 17.0 Å². The van der Waals surface area contributed by atoms with Crippen molar-refractivity contribution in [3.8, 4) is 0 Å². The Hall–Kier alpha value is -1.59. The first-order chi connectivity index (χ1) is 8.93. The predicted molar refractivity (Wildman–Crippen MR) is 74.5 cm³/mol. The maximum atomic E-state index is 12.0. The zero-order valence-electron chi connectivity index (χ0n) is 10.9. The molecule has 104 valence electrons. The third-order valence-corrected chi connectivity index (χ3v) is 2.83. The third-order valence-electron chi connectivity index (χ3n) is 2.58. The smallest absolute Gasteiger partial charge is 0.256 e. The van der Waals surface area contributed by atoms with E-state index in [-0.39, 0.29) is 11.8 Å². The number of benzene rings is 1. The largest absolute Gasteiger partial charge is 0.340 e. The van der Waals surface area contributed by atoms with Crippen molar-refractivity contribution >= 4 is 23.4 Å². The van der Waals surface area contributed by atoms with Crippen LogP contribution >= 0.6 is 11.6 Å². The lowest BCUT2D eigenvalue weighted by molar-refractivity contribution is -0.123. The van der Waals surface area contributed by atoms with E-state index < -0.39 is 11.9 Å². The van der Waals surface area contributed by atoms with Gasteiger partial charge in [-0.3, -0.25) is 15.0 Å². The zero-order valence-corrected chi connectivity index (χ0v) is 11.7. The van der Waals surface area contributed by atoms with E-state index in [4.69, 9.17) is 17.4 Å². The van der Waals surface area contributed by atoms with Crippen molar-refractivity contribution in [1.29, 1.82) is 0 Å². The van der Waals surface area contributed by atoms with Gasteiger partial charge in [-0.1, -0.05) is 25.4 Å². The summed E-state index contributed by atoms with van der Waals surface area (Å²) in [5, 5.41) is 3.21. The Kier molecular flexibility index (Phi) is 5.79. The molecule has 5 nitrogen and oxygen atoms in total. The van der Waals surface area contributed by atoms with Crippen LogP contribution < -0.4 is 16.6 Å². The lowest BCUT2D eigenvalue weighted by Gasteiger charge is -2.18. The first kappa shape index (κ1) is 15.5. The molecule has 0 saturated heterocycles. The first-order valence-electron chi connectivity index (χ1n) is 6.01. The highest BCUT2D eigenvalue weighted by molar-refractivity contribution is 6.30. The highest BCUT2D eigenvalue weighted by Gasteiger charge is 2.21. The number of hydrogen-bond acceptors (Lipinski definition) is 3.